The van der Waals surface area contributed by atoms with Crippen molar-refractivity contribution < 1.29 is 32.3 Å². The molecule has 0 spiro atoms. The number of aryl methyl sites for hydroxylation is 1. The van der Waals surface area contributed by atoms with Crippen molar-refractivity contribution >= 4 is 29.1 Å². The van der Waals surface area contributed by atoms with E-state index in [1.165, 1.54) is 11.3 Å². The molecule has 2 N–H and O–H groups in total. The van der Waals surface area contributed by atoms with Crippen LogP contribution in [0.4, 0.5) is 13.2 Å². The lowest BCUT2D eigenvalue weighted by Crippen LogP contribution is -2.43. The first-order valence-electron chi connectivity index (χ1n) is 8.51. The molecular weight excluding hydrogens is 385 g/mol. The number of esters is 1. The molecule has 1 aromatic heterocycles. The first kappa shape index (κ1) is 21.2. The summed E-state index contributed by atoms with van der Waals surface area (Å²) in [4.78, 5) is 36.6. The molecule has 150 valence electrons. The smallest absolute Gasteiger partial charge is 0.391 e. The quantitative estimate of drug-likeness (QED) is 0.712. The summed E-state index contributed by atoms with van der Waals surface area (Å²) < 4.78 is 43.0. The fourth-order valence-corrected chi connectivity index (χ4v) is 3.66. The molecule has 1 aromatic rings. The molecule has 10 heteroatoms. The van der Waals surface area contributed by atoms with Gasteiger partial charge in [0.05, 0.1) is 10.8 Å². The number of thiophene rings is 1. The van der Waals surface area contributed by atoms with Gasteiger partial charge in [-0.25, -0.2) is 0 Å². The number of hydrogen-bond acceptors (Lipinski definition) is 5. The third kappa shape index (κ3) is 6.85. The van der Waals surface area contributed by atoms with E-state index in [-0.39, 0.29) is 12.8 Å². The van der Waals surface area contributed by atoms with Gasteiger partial charge in [0, 0.05) is 10.9 Å². The standard InChI is InChI=1S/C17H21F3N2O4S/c1-10-5-6-13(27-10)16(25)21-8-15(24)26-9-14(23)22-12-4-2-3-11(7-12)17(18,19)20/h5-6,11-12H,2-4,7-9H2,1H3,(H,21,25)(H,22,23)/t11-,12-/m1/s1. The molecule has 6 nitrogen and oxygen atoms in total. The highest BCUT2D eigenvalue weighted by Crippen LogP contribution is 2.37. The maximum atomic E-state index is 12.8. The van der Waals surface area contributed by atoms with E-state index >= 15 is 0 Å². The number of hydrogen-bond donors (Lipinski definition) is 2. The second kappa shape index (κ2) is 9.20. The molecule has 1 heterocycles. The summed E-state index contributed by atoms with van der Waals surface area (Å²) in [6, 6.07) is 2.82. The van der Waals surface area contributed by atoms with Gasteiger partial charge >= 0.3 is 12.1 Å². The number of amides is 2. The monoisotopic (exact) mass is 406 g/mol. The van der Waals surface area contributed by atoms with E-state index in [9.17, 15) is 27.6 Å². The summed E-state index contributed by atoms with van der Waals surface area (Å²) in [6.45, 7) is 0.847. The Labute approximate surface area is 158 Å². The molecule has 0 aromatic carbocycles. The third-order valence-electron chi connectivity index (χ3n) is 4.22. The summed E-state index contributed by atoms with van der Waals surface area (Å²) in [5.41, 5.74) is 0. The van der Waals surface area contributed by atoms with Crippen molar-refractivity contribution in [1.29, 1.82) is 0 Å². The Kier molecular flexibility index (Phi) is 7.23. The molecule has 1 saturated carbocycles. The van der Waals surface area contributed by atoms with Crippen LogP contribution in [0, 0.1) is 12.8 Å². The molecule has 1 fully saturated rings. The first-order valence-corrected chi connectivity index (χ1v) is 9.33. The number of carbonyl (C=O) groups excluding carboxylic acids is 3. The van der Waals surface area contributed by atoms with E-state index in [2.05, 4.69) is 10.6 Å². The van der Waals surface area contributed by atoms with Crippen molar-refractivity contribution in [3.8, 4) is 0 Å². The Hall–Kier alpha value is -2.10. The lowest BCUT2D eigenvalue weighted by atomic mass is 9.85. The fourth-order valence-electron chi connectivity index (χ4n) is 2.88. The molecule has 1 aliphatic carbocycles. The van der Waals surface area contributed by atoms with Crippen LogP contribution in [-0.2, 0) is 14.3 Å². The van der Waals surface area contributed by atoms with Crippen LogP contribution in [-0.4, -0.2) is 43.2 Å². The predicted octanol–water partition coefficient (Wildman–Crippen LogP) is 2.57. The molecule has 0 radical (unpaired) electrons. The third-order valence-corrected chi connectivity index (χ3v) is 5.22. The minimum Gasteiger partial charge on any atom is -0.454 e. The molecule has 0 saturated heterocycles. The van der Waals surface area contributed by atoms with Crippen LogP contribution in [0.1, 0.15) is 40.2 Å². The maximum Gasteiger partial charge on any atom is 0.391 e. The van der Waals surface area contributed by atoms with E-state index < -0.39 is 49.1 Å². The topological polar surface area (TPSA) is 84.5 Å². The van der Waals surface area contributed by atoms with E-state index in [1.54, 1.807) is 12.1 Å². The Morgan fingerprint density at radius 2 is 2.00 bits per heavy atom. The summed E-state index contributed by atoms with van der Waals surface area (Å²) >= 11 is 1.28. The summed E-state index contributed by atoms with van der Waals surface area (Å²) in [6.07, 6.45) is -3.53. The van der Waals surface area contributed by atoms with Gasteiger partial charge in [0.25, 0.3) is 11.8 Å². The Bertz CT molecular complexity index is 690. The first-order chi connectivity index (χ1) is 12.6. The van der Waals surface area contributed by atoms with Crippen molar-refractivity contribution in [2.24, 2.45) is 5.92 Å². The average molecular weight is 406 g/mol. The summed E-state index contributed by atoms with van der Waals surface area (Å²) in [5, 5.41) is 4.85. The minimum absolute atomic E-state index is 0.0638. The highest BCUT2D eigenvalue weighted by atomic mass is 32.1. The fraction of sp³-hybridized carbons (Fsp3) is 0.588. The number of nitrogens with one attached hydrogen (secondary N) is 2. The molecule has 0 unspecified atom stereocenters. The van der Waals surface area contributed by atoms with E-state index in [0.717, 1.165) is 4.88 Å². The lowest BCUT2D eigenvalue weighted by Gasteiger charge is -2.30. The predicted molar refractivity (Wildman–Crippen MR) is 92.3 cm³/mol. The number of ether oxygens (including phenoxy) is 1. The van der Waals surface area contributed by atoms with Crippen LogP contribution < -0.4 is 10.6 Å². The molecule has 1 aliphatic rings. The molecule has 0 aliphatic heterocycles. The Balaban J connectivity index is 1.67. The van der Waals surface area contributed by atoms with E-state index in [4.69, 9.17) is 4.74 Å². The number of alkyl halides is 3. The van der Waals surface area contributed by atoms with Gasteiger partial charge in [-0.05, 0) is 38.3 Å². The summed E-state index contributed by atoms with van der Waals surface area (Å²) in [5.74, 6) is -3.30. The van der Waals surface area contributed by atoms with Crippen LogP contribution in [0.5, 0.6) is 0 Å². The van der Waals surface area contributed by atoms with Crippen molar-refractivity contribution in [1.82, 2.24) is 10.6 Å². The highest BCUT2D eigenvalue weighted by molar-refractivity contribution is 7.13. The SMILES string of the molecule is Cc1ccc(C(=O)NCC(=O)OCC(=O)N[C@@H]2CCC[C@@H](C(F)(F)F)C2)s1. The number of rotatable bonds is 6. The van der Waals surface area contributed by atoms with Crippen molar-refractivity contribution in [3.63, 3.8) is 0 Å². The van der Waals surface area contributed by atoms with Gasteiger partial charge in [0.15, 0.2) is 6.61 Å². The largest absolute Gasteiger partial charge is 0.454 e. The van der Waals surface area contributed by atoms with Gasteiger partial charge in [-0.3, -0.25) is 14.4 Å². The van der Waals surface area contributed by atoms with Crippen molar-refractivity contribution in [2.75, 3.05) is 13.2 Å². The second-order valence-electron chi connectivity index (χ2n) is 6.42. The van der Waals surface area contributed by atoms with Gasteiger partial charge in [-0.2, -0.15) is 13.2 Å². The van der Waals surface area contributed by atoms with E-state index in [0.29, 0.717) is 17.7 Å². The second-order valence-corrected chi connectivity index (χ2v) is 7.71. The molecular formula is C17H21F3N2O4S. The van der Waals surface area contributed by atoms with Gasteiger partial charge in [0.1, 0.15) is 6.54 Å². The Morgan fingerprint density at radius 1 is 1.26 bits per heavy atom. The van der Waals surface area contributed by atoms with Crippen LogP contribution >= 0.6 is 11.3 Å². The van der Waals surface area contributed by atoms with Gasteiger partial charge < -0.3 is 15.4 Å². The van der Waals surface area contributed by atoms with Crippen LogP contribution in [0.25, 0.3) is 0 Å². The highest BCUT2D eigenvalue weighted by Gasteiger charge is 2.42. The molecule has 27 heavy (non-hydrogen) atoms. The average Bonchev–Trinajstić information content (AvgIpc) is 3.04. The number of carbonyl (C=O) groups is 3. The lowest BCUT2D eigenvalue weighted by molar-refractivity contribution is -0.184. The van der Waals surface area contributed by atoms with Crippen LogP contribution in [0.3, 0.4) is 0 Å². The van der Waals surface area contributed by atoms with Gasteiger partial charge in [0.2, 0.25) is 0 Å². The van der Waals surface area contributed by atoms with E-state index in [1.807, 2.05) is 6.92 Å². The van der Waals surface area contributed by atoms with Crippen LogP contribution in [0.2, 0.25) is 0 Å². The molecule has 2 rings (SSSR count). The van der Waals surface area contributed by atoms with Crippen LogP contribution in [0.15, 0.2) is 12.1 Å². The minimum atomic E-state index is -4.27. The zero-order valence-corrected chi connectivity index (χ0v) is 15.5. The summed E-state index contributed by atoms with van der Waals surface area (Å²) in [7, 11) is 0. The maximum absolute atomic E-state index is 12.8. The molecule has 2 atom stereocenters. The zero-order valence-electron chi connectivity index (χ0n) is 14.7. The molecule has 0 bridgehead atoms. The number of halogens is 3. The van der Waals surface area contributed by atoms with Crippen molar-refractivity contribution in [2.45, 2.75) is 44.8 Å². The van der Waals surface area contributed by atoms with Crippen molar-refractivity contribution in [3.05, 3.63) is 21.9 Å². The molecule has 2 amide bonds. The zero-order chi connectivity index (χ0) is 20.0. The Morgan fingerprint density at radius 3 is 2.63 bits per heavy atom. The van der Waals surface area contributed by atoms with Gasteiger partial charge in [-0.1, -0.05) is 6.42 Å². The normalized spacial score (nSPS) is 20.0. The van der Waals surface area contributed by atoms with Gasteiger partial charge in [-0.15, -0.1) is 11.3 Å².